The van der Waals surface area contributed by atoms with Gasteiger partial charge in [-0.15, -0.1) is 4.28 Å². The maximum absolute atomic E-state index is 5.75. The van der Waals surface area contributed by atoms with E-state index in [0.717, 1.165) is 43.8 Å². The molecular weight excluding hydrogens is 383 g/mol. The van der Waals surface area contributed by atoms with E-state index < -0.39 is 0 Å². The van der Waals surface area contributed by atoms with Gasteiger partial charge in [-0.1, -0.05) is 47.5 Å². The molecule has 0 bridgehead atoms. The van der Waals surface area contributed by atoms with Gasteiger partial charge in [-0.25, -0.2) is 0 Å². The van der Waals surface area contributed by atoms with Crippen molar-refractivity contribution in [3.8, 4) is 11.5 Å². The second-order valence-corrected chi connectivity index (χ2v) is 9.95. The van der Waals surface area contributed by atoms with Crippen molar-refractivity contribution in [3.63, 3.8) is 0 Å². The molecule has 164 valence electrons. The Kier molecular flexibility index (Phi) is 13.7. The van der Waals surface area contributed by atoms with E-state index in [1.54, 1.807) is 0 Å². The van der Waals surface area contributed by atoms with E-state index in [1.807, 2.05) is 6.07 Å². The van der Waals surface area contributed by atoms with Crippen molar-refractivity contribution in [2.24, 2.45) is 0 Å². The summed E-state index contributed by atoms with van der Waals surface area (Å²) in [5, 5.41) is 0. The number of hydrogen-bond donors (Lipinski definition) is 0. The van der Waals surface area contributed by atoms with Gasteiger partial charge in [-0.3, -0.25) is 0 Å². The Morgan fingerprint density at radius 3 is 1.90 bits per heavy atom. The van der Waals surface area contributed by atoms with Crippen LogP contribution in [-0.2, 0) is 27.2 Å². The fourth-order valence-electron chi connectivity index (χ4n) is 2.53. The Morgan fingerprint density at radius 1 is 0.828 bits per heavy atom. The molecule has 0 N–H and O–H groups in total. The van der Waals surface area contributed by atoms with Crippen LogP contribution in [0.5, 0.6) is 11.5 Å². The molecule has 1 aliphatic heterocycles. The molecule has 1 aliphatic rings. The summed E-state index contributed by atoms with van der Waals surface area (Å²) in [4.78, 5) is 0. The van der Waals surface area contributed by atoms with Gasteiger partial charge >= 0.3 is 0 Å². The lowest BCUT2D eigenvalue weighted by Crippen LogP contribution is -2.10. The zero-order valence-corrected chi connectivity index (χ0v) is 20.2. The summed E-state index contributed by atoms with van der Waals surface area (Å²) in [6.45, 7) is 14.9. The van der Waals surface area contributed by atoms with Crippen LogP contribution in [0, 0.1) is 0 Å². The molecule has 29 heavy (non-hydrogen) atoms. The van der Waals surface area contributed by atoms with Crippen molar-refractivity contribution in [1.29, 1.82) is 0 Å². The highest BCUT2D eigenvalue weighted by molar-refractivity contribution is 6.14. The Bertz CT molecular complexity index is 551. The lowest BCUT2D eigenvalue weighted by atomic mass is 10.0. The van der Waals surface area contributed by atoms with Gasteiger partial charge in [0.25, 0.3) is 0 Å². The standard InChI is InChI=1S/C19H30O5.C4H9.Al/c1-3-5-7-20-8-9-21-10-11-22-14-17-13-19-18(23-15-24-19)12-16(17)6-4-2;1-4(2)3;/h12-13H,3-11,14-15H2,1-2H3;1-3H3;. The summed E-state index contributed by atoms with van der Waals surface area (Å²) in [7, 11) is 0. The predicted octanol–water partition coefficient (Wildman–Crippen LogP) is 5.09. The largest absolute Gasteiger partial charge is 0.454 e. The molecule has 6 heteroatoms. The minimum Gasteiger partial charge on any atom is -0.454 e. The van der Waals surface area contributed by atoms with Crippen molar-refractivity contribution < 1.29 is 23.7 Å². The Balaban J connectivity index is 0.000000749. The average molecular weight is 423 g/mol. The highest BCUT2D eigenvalue weighted by atomic mass is 27.0. The average Bonchev–Trinajstić information content (AvgIpc) is 3.09. The molecule has 2 radical (unpaired) electrons. The second-order valence-electron chi connectivity index (χ2n) is 8.22. The summed E-state index contributed by atoms with van der Waals surface area (Å²) in [5.74, 6) is 1.66. The lowest BCUT2D eigenvalue weighted by molar-refractivity contribution is 0.0101. The first-order valence-electron chi connectivity index (χ1n) is 10.8. The second kappa shape index (κ2) is 15.1. The summed E-state index contributed by atoms with van der Waals surface area (Å²) in [6, 6.07) is 4.12. The Hall–Kier alpha value is -0.768. The number of unbranched alkanes of at least 4 members (excludes halogenated alkanes) is 1. The summed E-state index contributed by atoms with van der Waals surface area (Å²) < 4.78 is 28.0. The SMILES string of the molecule is CCCCOCCOCCOCc1cc2c(cc1CCC)OCO2.C[C](C)(C)[Al]. The van der Waals surface area contributed by atoms with E-state index >= 15 is 0 Å². The normalized spacial score (nSPS) is 12.6. The fraction of sp³-hybridized carbons (Fsp3) is 0.739. The molecular formula is C23H39AlO5. The third-order valence-electron chi connectivity index (χ3n) is 3.86. The lowest BCUT2D eigenvalue weighted by Gasteiger charge is -2.11. The molecule has 0 amide bonds. The first kappa shape index (κ1) is 26.3. The van der Waals surface area contributed by atoms with Gasteiger partial charge in [-0.05, 0) is 36.1 Å². The zero-order valence-electron chi connectivity index (χ0n) is 19.1. The quantitative estimate of drug-likeness (QED) is 0.327. The molecule has 0 atom stereocenters. The molecule has 0 unspecified atom stereocenters. The number of benzene rings is 1. The zero-order chi connectivity index (χ0) is 21.5. The number of aryl methyl sites for hydroxylation is 1. The summed E-state index contributed by atoms with van der Waals surface area (Å²) in [5.41, 5.74) is 2.44. The number of rotatable bonds is 13. The maximum Gasteiger partial charge on any atom is 0.231 e. The van der Waals surface area contributed by atoms with Crippen LogP contribution in [0.15, 0.2) is 12.1 Å². The van der Waals surface area contributed by atoms with Crippen LogP contribution in [0.4, 0.5) is 0 Å². The maximum atomic E-state index is 5.75. The molecule has 0 fully saturated rings. The van der Waals surface area contributed by atoms with E-state index in [4.69, 9.17) is 23.7 Å². The van der Waals surface area contributed by atoms with Crippen LogP contribution in [-0.4, -0.2) is 56.1 Å². The van der Waals surface area contributed by atoms with Gasteiger partial charge in [0.15, 0.2) is 11.5 Å². The molecule has 0 aliphatic carbocycles. The molecule has 1 aromatic carbocycles. The van der Waals surface area contributed by atoms with Crippen LogP contribution in [0.25, 0.3) is 0 Å². The van der Waals surface area contributed by atoms with Crippen molar-refractivity contribution in [1.82, 2.24) is 0 Å². The van der Waals surface area contributed by atoms with Crippen molar-refractivity contribution in [2.45, 2.75) is 71.2 Å². The fourth-order valence-corrected chi connectivity index (χ4v) is 2.53. The van der Waals surface area contributed by atoms with Crippen LogP contribution in [0.1, 0.15) is 65.0 Å². The van der Waals surface area contributed by atoms with Crippen LogP contribution >= 0.6 is 0 Å². The van der Waals surface area contributed by atoms with Gasteiger partial charge in [-0.2, -0.15) is 0 Å². The van der Waals surface area contributed by atoms with Gasteiger partial charge in [0.05, 0.1) is 33.0 Å². The van der Waals surface area contributed by atoms with E-state index in [0.29, 0.717) is 44.1 Å². The van der Waals surface area contributed by atoms with Gasteiger partial charge < -0.3 is 23.7 Å². The number of ether oxygens (including phenoxy) is 5. The van der Waals surface area contributed by atoms with Gasteiger partial charge in [0, 0.05) is 6.61 Å². The van der Waals surface area contributed by atoms with Crippen LogP contribution in [0.3, 0.4) is 0 Å². The third-order valence-corrected chi connectivity index (χ3v) is 3.86. The van der Waals surface area contributed by atoms with Gasteiger partial charge in [0.2, 0.25) is 6.79 Å². The minimum atomic E-state index is 0.305. The van der Waals surface area contributed by atoms with Crippen molar-refractivity contribution >= 4 is 16.3 Å². The van der Waals surface area contributed by atoms with E-state index in [-0.39, 0.29) is 0 Å². The predicted molar refractivity (Wildman–Crippen MR) is 118 cm³/mol. The van der Waals surface area contributed by atoms with E-state index in [9.17, 15) is 0 Å². The van der Waals surface area contributed by atoms with Crippen molar-refractivity contribution in [3.05, 3.63) is 23.3 Å². The molecule has 0 aromatic heterocycles. The third kappa shape index (κ3) is 13.2. The number of fused-ring (bicyclic) bond motifs is 1. The molecule has 0 saturated heterocycles. The smallest absolute Gasteiger partial charge is 0.231 e. The topological polar surface area (TPSA) is 46.2 Å². The summed E-state index contributed by atoms with van der Waals surface area (Å²) >= 11 is 2.72. The monoisotopic (exact) mass is 422 g/mol. The van der Waals surface area contributed by atoms with Crippen molar-refractivity contribution in [2.75, 3.05) is 39.8 Å². The minimum absolute atomic E-state index is 0.305. The Morgan fingerprint density at radius 2 is 1.34 bits per heavy atom. The van der Waals surface area contributed by atoms with E-state index in [2.05, 4.69) is 57.0 Å². The molecule has 0 spiro atoms. The highest BCUT2D eigenvalue weighted by Crippen LogP contribution is 2.35. The molecule has 2 rings (SSSR count). The first-order chi connectivity index (χ1) is 13.8. The molecule has 1 heterocycles. The molecule has 1 aromatic rings. The van der Waals surface area contributed by atoms with Crippen LogP contribution < -0.4 is 9.47 Å². The first-order valence-corrected chi connectivity index (χ1v) is 11.4. The van der Waals surface area contributed by atoms with Gasteiger partial charge in [0.1, 0.15) is 16.3 Å². The highest BCUT2D eigenvalue weighted by Gasteiger charge is 2.16. The molecule has 0 saturated carbocycles. The van der Waals surface area contributed by atoms with E-state index in [1.165, 1.54) is 11.1 Å². The number of hydrogen-bond acceptors (Lipinski definition) is 5. The Labute approximate surface area is 185 Å². The summed E-state index contributed by atoms with van der Waals surface area (Å²) in [6.07, 6.45) is 4.38. The molecule has 5 nitrogen and oxygen atoms in total. The van der Waals surface area contributed by atoms with Crippen LogP contribution in [0.2, 0.25) is 4.28 Å².